The van der Waals surface area contributed by atoms with Gasteiger partial charge in [0, 0.05) is 29.0 Å². The zero-order chi connectivity index (χ0) is 47.7. The summed E-state index contributed by atoms with van der Waals surface area (Å²) in [7, 11) is -10.8. The van der Waals surface area contributed by atoms with E-state index < -0.39 is 99.5 Å². The number of Topliss-reactive ketones (excluding diaryl/α,β-unsaturated/α-hetero) is 1. The van der Waals surface area contributed by atoms with Gasteiger partial charge in [0.2, 0.25) is 11.8 Å². The van der Waals surface area contributed by atoms with Gasteiger partial charge in [-0.2, -0.15) is 4.31 Å². The Hall–Kier alpha value is -3.65. The van der Waals surface area contributed by atoms with Crippen molar-refractivity contribution in [1.82, 2.24) is 10.6 Å². The number of fused-ring (bicyclic) bond motifs is 7. The zero-order valence-electron chi connectivity index (χ0n) is 37.3. The van der Waals surface area contributed by atoms with Crippen molar-refractivity contribution >= 4 is 50.7 Å². The SMILES string of the molecule is CCCC1O[C@@H]2C[C@H]3[C@@H]4CCC5=CC(=O)C=C[C@]5(C)[C@H]4[C@@H](O)C[C@]3(C)[C@]2(C(=O)COP(=O)(O)OP(=O)(O)OCc2ccc(NC(=O)[C@H](CCCNC(N)=O)NC(=O)[C@@H](N)C(C)C)cc2)O1. The average Bonchev–Trinajstić information content (AvgIpc) is 3.71. The van der Waals surface area contributed by atoms with E-state index in [1.165, 1.54) is 30.3 Å². The van der Waals surface area contributed by atoms with Crippen molar-refractivity contribution in [3.05, 3.63) is 53.6 Å². The number of nitrogens with one attached hydrogen (secondary N) is 3. The molecule has 1 aromatic rings. The van der Waals surface area contributed by atoms with Crippen LogP contribution in [0.4, 0.5) is 10.5 Å². The molecule has 4 fully saturated rings. The standard InChI is InChI=1S/C43H63N5O15P2/c1-6-8-35-61-34-20-30-29-15-12-26-19-28(49)16-17-41(26,4)36(29)32(50)21-42(30,5)43(34,62-35)33(51)23-60-65(57,58)63-64(55,56)59-22-25-10-13-27(14-11-25)47-38(52)31(9-7-18-46-40(45)54)48-39(53)37(44)24(2)3/h10-11,13-14,16-17,19,24,29-32,34-37,50H,6-9,12,15,18,20-23,44H2,1-5H3,(H,47,52)(H,48,53)(H,55,56)(H,57,58)(H3,45,46,54)/t29-,30-,31-,32-,34+,35?,36+,37-,41-,42-,43+/m0/s1. The molecule has 4 amide bonds. The molecule has 3 unspecified atom stereocenters. The molecular weight excluding hydrogens is 888 g/mol. The Morgan fingerprint density at radius 1 is 1.05 bits per heavy atom. The van der Waals surface area contributed by atoms with E-state index in [9.17, 15) is 48.0 Å². The van der Waals surface area contributed by atoms with Gasteiger partial charge in [-0.1, -0.05) is 64.8 Å². The number of hydrogen-bond donors (Lipinski definition) is 8. The van der Waals surface area contributed by atoms with Gasteiger partial charge < -0.3 is 51.8 Å². The molecule has 1 aromatic carbocycles. The second-order valence-electron chi connectivity index (χ2n) is 18.6. The first kappa shape index (κ1) is 50.8. The second-order valence-corrected chi connectivity index (χ2v) is 21.6. The highest BCUT2D eigenvalue weighted by Gasteiger charge is 2.76. The normalized spacial score (nSPS) is 33.0. The fraction of sp³-hybridized carbons (Fsp3) is 0.651. The Bertz CT molecular complexity index is 2160. The molecule has 360 valence electrons. The molecule has 1 saturated heterocycles. The summed E-state index contributed by atoms with van der Waals surface area (Å²) in [5.74, 6) is -2.64. The van der Waals surface area contributed by atoms with E-state index in [-0.39, 0.29) is 60.1 Å². The second kappa shape index (κ2) is 19.9. The number of nitrogens with two attached hydrogens (primary N) is 2. The first-order valence-electron chi connectivity index (χ1n) is 22.1. The minimum Gasteiger partial charge on any atom is -0.393 e. The number of carbonyl (C=O) groups excluding carboxylic acids is 5. The van der Waals surface area contributed by atoms with Gasteiger partial charge in [0.15, 0.2) is 23.5 Å². The molecule has 4 aliphatic carbocycles. The van der Waals surface area contributed by atoms with Crippen LogP contribution >= 0.6 is 15.6 Å². The lowest BCUT2D eigenvalue weighted by molar-refractivity contribution is -0.200. The highest BCUT2D eigenvalue weighted by molar-refractivity contribution is 7.61. The molecule has 3 saturated carbocycles. The number of ether oxygens (including phenoxy) is 2. The van der Waals surface area contributed by atoms with Crippen molar-refractivity contribution in [3.8, 4) is 0 Å². The molecule has 0 bridgehead atoms. The molecule has 5 aliphatic rings. The lowest BCUT2D eigenvalue weighted by Gasteiger charge is -2.59. The van der Waals surface area contributed by atoms with Crippen LogP contribution in [0.5, 0.6) is 0 Å². The number of allylic oxidation sites excluding steroid dienone is 4. The molecule has 22 heteroatoms. The van der Waals surface area contributed by atoms with E-state index in [1.54, 1.807) is 19.9 Å². The quantitative estimate of drug-likeness (QED) is 0.0676. The predicted molar refractivity (Wildman–Crippen MR) is 234 cm³/mol. The summed E-state index contributed by atoms with van der Waals surface area (Å²) in [5, 5.41) is 19.7. The van der Waals surface area contributed by atoms with Crippen molar-refractivity contribution in [1.29, 1.82) is 0 Å². The van der Waals surface area contributed by atoms with Crippen molar-refractivity contribution in [2.24, 2.45) is 46.0 Å². The van der Waals surface area contributed by atoms with E-state index in [0.717, 1.165) is 5.57 Å². The summed E-state index contributed by atoms with van der Waals surface area (Å²) in [6.07, 6.45) is 6.08. The fourth-order valence-corrected chi connectivity index (χ4v) is 12.9. The molecule has 0 aromatic heterocycles. The highest BCUT2D eigenvalue weighted by atomic mass is 31.3. The third-order valence-corrected chi connectivity index (χ3v) is 16.6. The van der Waals surface area contributed by atoms with Crippen LogP contribution < -0.4 is 27.4 Å². The Morgan fingerprint density at radius 3 is 2.40 bits per heavy atom. The minimum absolute atomic E-state index is 0.0770. The maximum absolute atomic E-state index is 14.5. The summed E-state index contributed by atoms with van der Waals surface area (Å²) in [5.41, 5.74) is 9.34. The number of benzene rings is 1. The van der Waals surface area contributed by atoms with Gasteiger partial charge in [0.05, 0.1) is 24.9 Å². The summed E-state index contributed by atoms with van der Waals surface area (Å²) >= 11 is 0. The Labute approximate surface area is 378 Å². The van der Waals surface area contributed by atoms with Gasteiger partial charge in [-0.05, 0) is 92.5 Å². The smallest absolute Gasteiger partial charge is 0.393 e. The van der Waals surface area contributed by atoms with Gasteiger partial charge in [0.25, 0.3) is 0 Å². The van der Waals surface area contributed by atoms with Gasteiger partial charge in [0.1, 0.15) is 12.6 Å². The van der Waals surface area contributed by atoms with Crippen molar-refractivity contribution in [3.63, 3.8) is 0 Å². The Balaban J connectivity index is 1.07. The van der Waals surface area contributed by atoms with Crippen molar-refractivity contribution in [2.45, 2.75) is 129 Å². The van der Waals surface area contributed by atoms with Crippen LogP contribution in [-0.4, -0.2) is 93.6 Å². The van der Waals surface area contributed by atoms with Crippen LogP contribution in [0.25, 0.3) is 0 Å². The Morgan fingerprint density at radius 2 is 1.74 bits per heavy atom. The third kappa shape index (κ3) is 10.7. The molecule has 20 nitrogen and oxygen atoms in total. The summed E-state index contributed by atoms with van der Waals surface area (Å²) in [6.45, 7) is 7.87. The number of urea groups is 1. The fourth-order valence-electron chi connectivity index (χ4n) is 10.9. The first-order valence-corrected chi connectivity index (χ1v) is 25.1. The van der Waals surface area contributed by atoms with Crippen LogP contribution in [0.2, 0.25) is 0 Å². The lowest BCUT2D eigenvalue weighted by atomic mass is 9.46. The molecular formula is C43H63N5O15P2. The van der Waals surface area contributed by atoms with E-state index in [0.29, 0.717) is 38.5 Å². The number of amides is 4. The van der Waals surface area contributed by atoms with Gasteiger partial charge in [-0.25, -0.2) is 13.9 Å². The molecule has 0 radical (unpaired) electrons. The highest BCUT2D eigenvalue weighted by Crippen LogP contribution is 2.70. The largest absolute Gasteiger partial charge is 0.481 e. The van der Waals surface area contributed by atoms with Gasteiger partial charge in [-0.15, -0.1) is 0 Å². The maximum Gasteiger partial charge on any atom is 0.481 e. The number of ketones is 2. The molecule has 13 atom stereocenters. The number of anilines is 1. The number of carbonyl (C=O) groups is 5. The number of phosphoric ester groups is 2. The number of aliphatic hydroxyl groups excluding tert-OH is 1. The maximum atomic E-state index is 14.5. The van der Waals surface area contributed by atoms with Crippen LogP contribution in [0.15, 0.2) is 48.1 Å². The lowest BCUT2D eigenvalue weighted by Crippen LogP contribution is -2.63. The predicted octanol–water partition coefficient (Wildman–Crippen LogP) is 4.03. The molecule has 6 rings (SSSR count). The van der Waals surface area contributed by atoms with E-state index in [1.807, 2.05) is 26.8 Å². The number of primary amides is 1. The number of hydrogen-bond acceptors (Lipinski definition) is 14. The topological polar surface area (TPSA) is 314 Å². The molecule has 0 spiro atoms. The molecule has 10 N–H and O–H groups in total. The summed E-state index contributed by atoms with van der Waals surface area (Å²) < 4.78 is 53.7. The number of rotatable bonds is 20. The number of phosphoric acid groups is 2. The average molecular weight is 952 g/mol. The number of aliphatic hydroxyl groups is 1. The van der Waals surface area contributed by atoms with E-state index >= 15 is 0 Å². The van der Waals surface area contributed by atoms with Crippen LogP contribution in [-0.2, 0) is 57.7 Å². The van der Waals surface area contributed by atoms with Crippen LogP contribution in [0.1, 0.15) is 91.5 Å². The zero-order valence-corrected chi connectivity index (χ0v) is 39.1. The van der Waals surface area contributed by atoms with E-state index in [2.05, 4.69) is 20.3 Å². The molecule has 1 aliphatic heterocycles. The van der Waals surface area contributed by atoms with Gasteiger partial charge >= 0.3 is 21.7 Å². The summed E-state index contributed by atoms with van der Waals surface area (Å²) in [4.78, 5) is 84.8. The van der Waals surface area contributed by atoms with Crippen LogP contribution in [0.3, 0.4) is 0 Å². The minimum atomic E-state index is -5.45. The van der Waals surface area contributed by atoms with E-state index in [4.69, 9.17) is 30.0 Å². The molecule has 65 heavy (non-hydrogen) atoms. The monoisotopic (exact) mass is 951 g/mol. The van der Waals surface area contributed by atoms with Crippen molar-refractivity contribution in [2.75, 3.05) is 18.5 Å². The third-order valence-electron chi connectivity index (χ3n) is 14.0. The Kier molecular flexibility index (Phi) is 15.5. The molecule has 1 heterocycles. The van der Waals surface area contributed by atoms with Crippen LogP contribution in [0, 0.1) is 34.5 Å². The first-order chi connectivity index (χ1) is 30.4. The van der Waals surface area contributed by atoms with Gasteiger partial charge in [-0.3, -0.25) is 28.2 Å². The van der Waals surface area contributed by atoms with Crippen molar-refractivity contribution < 1.29 is 70.8 Å². The summed E-state index contributed by atoms with van der Waals surface area (Å²) in [6, 6.07) is 3.14.